The summed E-state index contributed by atoms with van der Waals surface area (Å²) in [5.41, 5.74) is 6.56. The van der Waals surface area contributed by atoms with Crippen LogP contribution in [0.4, 0.5) is 0 Å². The summed E-state index contributed by atoms with van der Waals surface area (Å²) in [6.07, 6.45) is 4.01. The fourth-order valence-corrected chi connectivity index (χ4v) is 2.88. The zero-order valence-corrected chi connectivity index (χ0v) is 14.5. The molecule has 0 fully saturated rings. The maximum absolute atomic E-state index is 12.2. The second-order valence-corrected chi connectivity index (χ2v) is 6.51. The Kier molecular flexibility index (Phi) is 5.33. The molecule has 0 aliphatic heterocycles. The molecule has 2 rings (SSSR count). The molecule has 110 valence electrons. The Hall–Kier alpha value is -1.43. The Labute approximate surface area is 139 Å². The van der Waals surface area contributed by atoms with Crippen molar-refractivity contribution in [1.82, 2.24) is 5.43 Å². The van der Waals surface area contributed by atoms with Gasteiger partial charge in [-0.25, -0.2) is 5.43 Å². The molecule has 0 bridgehead atoms. The third-order valence-corrected chi connectivity index (χ3v) is 4.65. The summed E-state index contributed by atoms with van der Waals surface area (Å²) in [6.45, 7) is 8.10. The molecule has 0 heterocycles. The summed E-state index contributed by atoms with van der Waals surface area (Å²) >= 11 is 2.15. The molecule has 3 nitrogen and oxygen atoms in total. The van der Waals surface area contributed by atoms with Crippen LogP contribution in [0.3, 0.4) is 0 Å². The minimum atomic E-state index is -0.169. The van der Waals surface area contributed by atoms with Gasteiger partial charge < -0.3 is 0 Å². The van der Waals surface area contributed by atoms with E-state index in [1.807, 2.05) is 32.0 Å². The SMILES string of the molecule is C=C(C)[C@@H]1CC=C(C)/C(=N\NC(=O)c2ccccc2I)C1. The molecule has 1 amide bonds. The lowest BCUT2D eigenvalue weighted by Crippen LogP contribution is -2.23. The second-order valence-electron chi connectivity index (χ2n) is 5.35. The molecule has 0 saturated heterocycles. The van der Waals surface area contributed by atoms with Crippen LogP contribution in [0.15, 0.2) is 53.2 Å². The van der Waals surface area contributed by atoms with Gasteiger partial charge in [0, 0.05) is 3.57 Å². The highest BCUT2D eigenvalue weighted by Crippen LogP contribution is 2.26. The van der Waals surface area contributed by atoms with Gasteiger partial charge in [0.2, 0.25) is 0 Å². The molecule has 1 aromatic rings. The van der Waals surface area contributed by atoms with Crippen molar-refractivity contribution in [2.45, 2.75) is 26.7 Å². The van der Waals surface area contributed by atoms with Gasteiger partial charge in [-0.15, -0.1) is 0 Å². The minimum absolute atomic E-state index is 0.169. The topological polar surface area (TPSA) is 41.5 Å². The van der Waals surface area contributed by atoms with E-state index >= 15 is 0 Å². The number of carbonyl (C=O) groups excluding carboxylic acids is 1. The number of nitrogens with zero attached hydrogens (tertiary/aromatic N) is 1. The number of nitrogens with one attached hydrogen (secondary N) is 1. The van der Waals surface area contributed by atoms with E-state index in [0.717, 1.165) is 33.3 Å². The molecule has 4 heteroatoms. The van der Waals surface area contributed by atoms with E-state index in [9.17, 15) is 4.79 Å². The maximum Gasteiger partial charge on any atom is 0.272 e. The number of halogens is 1. The van der Waals surface area contributed by atoms with Crippen LogP contribution in [0.5, 0.6) is 0 Å². The average molecular weight is 394 g/mol. The van der Waals surface area contributed by atoms with Gasteiger partial charge in [-0.2, -0.15) is 5.10 Å². The van der Waals surface area contributed by atoms with Crippen molar-refractivity contribution < 1.29 is 4.79 Å². The Bertz CT molecular complexity index is 631. The highest BCUT2D eigenvalue weighted by molar-refractivity contribution is 14.1. The van der Waals surface area contributed by atoms with Crippen molar-refractivity contribution in [1.29, 1.82) is 0 Å². The number of hydrogen-bond donors (Lipinski definition) is 1. The Balaban J connectivity index is 2.12. The molecule has 1 N–H and O–H groups in total. The summed E-state index contributed by atoms with van der Waals surface area (Å²) in [6, 6.07) is 7.48. The van der Waals surface area contributed by atoms with Crippen LogP contribution in [-0.4, -0.2) is 11.6 Å². The van der Waals surface area contributed by atoms with E-state index in [2.05, 4.69) is 45.8 Å². The smallest absolute Gasteiger partial charge is 0.267 e. The van der Waals surface area contributed by atoms with Crippen LogP contribution < -0.4 is 5.43 Å². The number of allylic oxidation sites excluding steroid dienone is 3. The van der Waals surface area contributed by atoms with Crippen molar-refractivity contribution in [2.24, 2.45) is 11.0 Å². The van der Waals surface area contributed by atoms with Gasteiger partial charge >= 0.3 is 0 Å². The molecule has 1 aromatic carbocycles. The number of hydrogen-bond acceptors (Lipinski definition) is 2. The first-order chi connectivity index (χ1) is 9.99. The van der Waals surface area contributed by atoms with Crippen LogP contribution >= 0.6 is 22.6 Å². The molecule has 0 unspecified atom stereocenters. The lowest BCUT2D eigenvalue weighted by atomic mass is 9.85. The summed E-state index contributed by atoms with van der Waals surface area (Å²) in [5.74, 6) is 0.249. The highest BCUT2D eigenvalue weighted by Gasteiger charge is 2.19. The van der Waals surface area contributed by atoms with Crippen LogP contribution in [0.25, 0.3) is 0 Å². The molecular weight excluding hydrogens is 375 g/mol. The summed E-state index contributed by atoms with van der Waals surface area (Å²) in [4.78, 5) is 12.2. The summed E-state index contributed by atoms with van der Waals surface area (Å²) in [5, 5.41) is 4.32. The standard InChI is InChI=1S/C17H19IN2O/c1-11(2)13-9-8-12(3)16(10-13)19-20-17(21)14-6-4-5-7-15(14)18/h4-8,13H,1,9-10H2,2-3H3,(H,20,21)/b19-16-/t13-/m1/s1. The van der Waals surface area contributed by atoms with Crippen molar-refractivity contribution in [3.8, 4) is 0 Å². The second kappa shape index (κ2) is 7.02. The molecule has 0 saturated carbocycles. The van der Waals surface area contributed by atoms with Gasteiger partial charge in [-0.1, -0.05) is 30.4 Å². The molecular formula is C17H19IN2O. The highest BCUT2D eigenvalue weighted by atomic mass is 127. The maximum atomic E-state index is 12.2. The molecule has 1 aliphatic rings. The van der Waals surface area contributed by atoms with Crippen LogP contribution in [0.1, 0.15) is 37.0 Å². The monoisotopic (exact) mass is 394 g/mol. The van der Waals surface area contributed by atoms with Crippen LogP contribution in [0, 0.1) is 9.49 Å². The molecule has 0 radical (unpaired) electrons. The predicted molar refractivity (Wildman–Crippen MR) is 95.4 cm³/mol. The van der Waals surface area contributed by atoms with Crippen LogP contribution in [-0.2, 0) is 0 Å². The predicted octanol–water partition coefficient (Wildman–Crippen LogP) is 4.31. The average Bonchev–Trinajstić information content (AvgIpc) is 2.46. The fourth-order valence-electron chi connectivity index (χ4n) is 2.25. The van der Waals surface area contributed by atoms with Gasteiger partial charge in [0.05, 0.1) is 11.3 Å². The van der Waals surface area contributed by atoms with Gasteiger partial charge in [0.25, 0.3) is 5.91 Å². The van der Waals surface area contributed by atoms with Gasteiger partial charge in [0.15, 0.2) is 0 Å². The summed E-state index contributed by atoms with van der Waals surface area (Å²) < 4.78 is 0.920. The first-order valence-electron chi connectivity index (χ1n) is 6.93. The molecule has 1 aliphatic carbocycles. The van der Waals surface area contributed by atoms with E-state index < -0.39 is 0 Å². The zero-order chi connectivity index (χ0) is 15.4. The molecule has 1 atom stereocenters. The number of carbonyl (C=O) groups is 1. The zero-order valence-electron chi connectivity index (χ0n) is 12.3. The number of hydrazone groups is 1. The molecule has 0 spiro atoms. The lowest BCUT2D eigenvalue weighted by molar-refractivity contribution is 0.0954. The Morgan fingerprint density at radius 3 is 2.81 bits per heavy atom. The first kappa shape index (κ1) is 15.9. The number of benzene rings is 1. The first-order valence-corrected chi connectivity index (χ1v) is 8.01. The third kappa shape index (κ3) is 4.03. The van der Waals surface area contributed by atoms with Gasteiger partial charge in [0.1, 0.15) is 0 Å². The van der Waals surface area contributed by atoms with Crippen molar-refractivity contribution >= 4 is 34.2 Å². The largest absolute Gasteiger partial charge is 0.272 e. The van der Waals surface area contributed by atoms with E-state index in [1.54, 1.807) is 6.07 Å². The van der Waals surface area contributed by atoms with E-state index in [-0.39, 0.29) is 5.91 Å². The van der Waals surface area contributed by atoms with Gasteiger partial charge in [-0.3, -0.25) is 4.79 Å². The fraction of sp³-hybridized carbons (Fsp3) is 0.294. The normalized spacial score (nSPS) is 20.0. The quantitative estimate of drug-likeness (QED) is 0.463. The number of rotatable bonds is 3. The Morgan fingerprint density at radius 1 is 1.43 bits per heavy atom. The van der Waals surface area contributed by atoms with E-state index in [4.69, 9.17) is 0 Å². The van der Waals surface area contributed by atoms with Crippen molar-refractivity contribution in [3.05, 3.63) is 57.2 Å². The third-order valence-electron chi connectivity index (χ3n) is 3.71. The Morgan fingerprint density at radius 2 is 2.14 bits per heavy atom. The van der Waals surface area contributed by atoms with E-state index in [1.165, 1.54) is 0 Å². The van der Waals surface area contributed by atoms with Gasteiger partial charge in [-0.05, 0) is 72.9 Å². The van der Waals surface area contributed by atoms with Crippen molar-refractivity contribution in [2.75, 3.05) is 0 Å². The lowest BCUT2D eigenvalue weighted by Gasteiger charge is -2.22. The molecule has 21 heavy (non-hydrogen) atoms. The van der Waals surface area contributed by atoms with Crippen molar-refractivity contribution in [3.63, 3.8) is 0 Å². The van der Waals surface area contributed by atoms with Crippen LogP contribution in [0.2, 0.25) is 0 Å². The summed E-state index contributed by atoms with van der Waals surface area (Å²) in [7, 11) is 0. The van der Waals surface area contributed by atoms with E-state index in [0.29, 0.717) is 11.5 Å². The molecule has 0 aromatic heterocycles. The minimum Gasteiger partial charge on any atom is -0.267 e. The number of amides is 1.